The van der Waals surface area contributed by atoms with E-state index in [0.717, 1.165) is 5.56 Å². The van der Waals surface area contributed by atoms with Gasteiger partial charge >= 0.3 is 11.9 Å². The lowest BCUT2D eigenvalue weighted by Crippen LogP contribution is -2.42. The molecule has 6 nitrogen and oxygen atoms in total. The Hall–Kier alpha value is -2.37. The third-order valence-corrected chi connectivity index (χ3v) is 2.78. The highest BCUT2D eigenvalue weighted by Crippen LogP contribution is 2.04. The number of hydrogen-bond donors (Lipinski definition) is 2. The van der Waals surface area contributed by atoms with Gasteiger partial charge in [-0.2, -0.15) is 0 Å². The lowest BCUT2D eigenvalue weighted by molar-refractivity contribution is -0.144. The maximum atomic E-state index is 11.7. The number of rotatable bonds is 8. The molecule has 0 aliphatic carbocycles. The van der Waals surface area contributed by atoms with Gasteiger partial charge in [0.25, 0.3) is 0 Å². The number of carbonyl (C=O) groups is 3. The van der Waals surface area contributed by atoms with E-state index in [2.05, 4.69) is 5.32 Å². The molecule has 0 aliphatic heterocycles. The van der Waals surface area contributed by atoms with Crippen molar-refractivity contribution in [3.05, 3.63) is 35.9 Å². The van der Waals surface area contributed by atoms with Gasteiger partial charge in [-0.15, -0.1) is 0 Å². The summed E-state index contributed by atoms with van der Waals surface area (Å²) in [5, 5.41) is 11.6. The second-order valence-corrected chi connectivity index (χ2v) is 4.45. The van der Waals surface area contributed by atoms with Crippen LogP contribution in [-0.4, -0.2) is 35.6 Å². The molecule has 0 unspecified atom stereocenters. The molecule has 114 valence electrons. The molecule has 0 saturated carbocycles. The molecule has 0 aromatic heterocycles. The van der Waals surface area contributed by atoms with Crippen LogP contribution in [0.4, 0.5) is 0 Å². The molecule has 0 bridgehead atoms. The van der Waals surface area contributed by atoms with Crippen LogP contribution < -0.4 is 5.32 Å². The minimum absolute atomic E-state index is 0.0582. The zero-order chi connectivity index (χ0) is 15.7. The van der Waals surface area contributed by atoms with E-state index in [4.69, 9.17) is 9.84 Å². The lowest BCUT2D eigenvalue weighted by atomic mass is 10.1. The molecular weight excluding hydrogens is 274 g/mol. The summed E-state index contributed by atoms with van der Waals surface area (Å²) < 4.78 is 4.71. The number of carboxylic acids is 1. The van der Waals surface area contributed by atoms with Crippen molar-refractivity contribution in [3.63, 3.8) is 0 Å². The van der Waals surface area contributed by atoms with Crippen molar-refractivity contribution in [2.24, 2.45) is 0 Å². The predicted octanol–water partition coefficient (Wildman–Crippen LogP) is 1.14. The Balaban J connectivity index is 2.49. The van der Waals surface area contributed by atoms with Gasteiger partial charge in [0.05, 0.1) is 13.0 Å². The van der Waals surface area contributed by atoms with Crippen LogP contribution in [0.1, 0.15) is 25.3 Å². The Morgan fingerprint density at radius 3 is 2.43 bits per heavy atom. The molecule has 1 rings (SSSR count). The fraction of sp³-hybridized carbons (Fsp3) is 0.400. The molecule has 0 aliphatic rings. The van der Waals surface area contributed by atoms with Gasteiger partial charge in [0.1, 0.15) is 6.04 Å². The topological polar surface area (TPSA) is 92.7 Å². The van der Waals surface area contributed by atoms with Gasteiger partial charge in [-0.25, -0.2) is 4.79 Å². The molecule has 0 saturated heterocycles. The first-order valence-corrected chi connectivity index (χ1v) is 6.74. The minimum Gasteiger partial charge on any atom is -0.480 e. The van der Waals surface area contributed by atoms with Gasteiger partial charge in [0, 0.05) is 12.8 Å². The summed E-state index contributed by atoms with van der Waals surface area (Å²) in [4.78, 5) is 34.0. The van der Waals surface area contributed by atoms with Crippen LogP contribution in [0.25, 0.3) is 0 Å². The van der Waals surface area contributed by atoms with Crippen LogP contribution in [0.3, 0.4) is 0 Å². The Labute approximate surface area is 123 Å². The normalized spacial score (nSPS) is 11.5. The SMILES string of the molecule is CCOC(=O)CCC(=O)N[C@@H](Cc1ccccc1)C(=O)O. The number of ether oxygens (including phenoxy) is 1. The smallest absolute Gasteiger partial charge is 0.326 e. The summed E-state index contributed by atoms with van der Waals surface area (Å²) in [6.45, 7) is 1.94. The fourth-order valence-electron chi connectivity index (χ4n) is 1.77. The van der Waals surface area contributed by atoms with Gasteiger partial charge in [0.15, 0.2) is 0 Å². The van der Waals surface area contributed by atoms with Crippen LogP contribution in [-0.2, 0) is 25.5 Å². The van der Waals surface area contributed by atoms with E-state index in [1.165, 1.54) is 0 Å². The molecule has 21 heavy (non-hydrogen) atoms. The summed E-state index contributed by atoms with van der Waals surface area (Å²) in [6, 6.07) is 8.01. The zero-order valence-corrected chi connectivity index (χ0v) is 11.9. The second-order valence-electron chi connectivity index (χ2n) is 4.45. The Kier molecular flexibility index (Phi) is 6.94. The van der Waals surface area contributed by atoms with Crippen molar-refractivity contribution in [2.75, 3.05) is 6.61 Å². The number of benzene rings is 1. The van der Waals surface area contributed by atoms with E-state index < -0.39 is 23.9 Å². The molecule has 6 heteroatoms. The average Bonchev–Trinajstić information content (AvgIpc) is 2.46. The number of nitrogens with one attached hydrogen (secondary N) is 1. The van der Waals surface area contributed by atoms with Crippen molar-refractivity contribution in [2.45, 2.75) is 32.2 Å². The highest BCUT2D eigenvalue weighted by atomic mass is 16.5. The third kappa shape index (κ3) is 6.56. The largest absolute Gasteiger partial charge is 0.480 e. The molecule has 1 amide bonds. The summed E-state index contributed by atoms with van der Waals surface area (Å²) in [5.41, 5.74) is 0.815. The molecular formula is C15H19NO5. The maximum Gasteiger partial charge on any atom is 0.326 e. The number of hydrogen-bond acceptors (Lipinski definition) is 4. The van der Waals surface area contributed by atoms with Crippen LogP contribution >= 0.6 is 0 Å². The highest BCUT2D eigenvalue weighted by Gasteiger charge is 2.20. The van der Waals surface area contributed by atoms with Gasteiger partial charge in [-0.05, 0) is 12.5 Å². The van der Waals surface area contributed by atoms with Crippen molar-refractivity contribution in [1.82, 2.24) is 5.32 Å². The quantitative estimate of drug-likeness (QED) is 0.701. The minimum atomic E-state index is -1.11. The van der Waals surface area contributed by atoms with E-state index in [-0.39, 0.29) is 25.9 Å². The van der Waals surface area contributed by atoms with Crippen molar-refractivity contribution in [1.29, 1.82) is 0 Å². The Bertz CT molecular complexity index is 486. The monoisotopic (exact) mass is 293 g/mol. The first kappa shape index (κ1) is 16.7. The molecule has 0 spiro atoms. The second kappa shape index (κ2) is 8.73. The summed E-state index contributed by atoms with van der Waals surface area (Å²) in [5.74, 6) is -2.06. The van der Waals surface area contributed by atoms with E-state index in [0.29, 0.717) is 0 Å². The number of carboxylic acid groups (broad SMARTS) is 1. The van der Waals surface area contributed by atoms with Gasteiger partial charge in [-0.1, -0.05) is 30.3 Å². The Morgan fingerprint density at radius 2 is 1.86 bits per heavy atom. The molecule has 1 atom stereocenters. The van der Waals surface area contributed by atoms with Crippen molar-refractivity contribution >= 4 is 17.8 Å². The summed E-state index contributed by atoms with van der Waals surface area (Å²) in [7, 11) is 0. The molecule has 2 N–H and O–H groups in total. The molecule has 0 fully saturated rings. The molecule has 0 radical (unpaired) electrons. The van der Waals surface area contributed by atoms with E-state index in [1.54, 1.807) is 31.2 Å². The summed E-state index contributed by atoms with van der Waals surface area (Å²) >= 11 is 0. The average molecular weight is 293 g/mol. The van der Waals surface area contributed by atoms with E-state index in [9.17, 15) is 14.4 Å². The zero-order valence-electron chi connectivity index (χ0n) is 11.9. The van der Waals surface area contributed by atoms with Gasteiger partial charge < -0.3 is 15.2 Å². The number of carbonyl (C=O) groups excluding carboxylic acids is 2. The van der Waals surface area contributed by atoms with Crippen LogP contribution in [0.5, 0.6) is 0 Å². The fourth-order valence-corrected chi connectivity index (χ4v) is 1.77. The first-order chi connectivity index (χ1) is 10.0. The van der Waals surface area contributed by atoms with Crippen molar-refractivity contribution in [3.8, 4) is 0 Å². The first-order valence-electron chi connectivity index (χ1n) is 6.74. The number of esters is 1. The van der Waals surface area contributed by atoms with Crippen LogP contribution in [0.2, 0.25) is 0 Å². The summed E-state index contributed by atoms with van der Waals surface area (Å²) in [6.07, 6.45) is 0.0517. The number of aliphatic carboxylic acids is 1. The third-order valence-electron chi connectivity index (χ3n) is 2.78. The number of amides is 1. The molecule has 1 aromatic rings. The van der Waals surface area contributed by atoms with Crippen molar-refractivity contribution < 1.29 is 24.2 Å². The van der Waals surface area contributed by atoms with E-state index >= 15 is 0 Å². The molecule has 0 heterocycles. The maximum absolute atomic E-state index is 11.7. The van der Waals surface area contributed by atoms with Crippen LogP contribution in [0.15, 0.2) is 30.3 Å². The standard InChI is InChI=1S/C15H19NO5/c1-2-21-14(18)9-8-13(17)16-12(15(19)20)10-11-6-4-3-5-7-11/h3-7,12H,2,8-10H2,1H3,(H,16,17)(H,19,20)/t12-/m0/s1. The molecule has 1 aromatic carbocycles. The highest BCUT2D eigenvalue weighted by molar-refractivity contribution is 5.85. The van der Waals surface area contributed by atoms with Crippen LogP contribution in [0, 0.1) is 0 Å². The lowest BCUT2D eigenvalue weighted by Gasteiger charge is -2.14. The van der Waals surface area contributed by atoms with Gasteiger partial charge in [-0.3, -0.25) is 9.59 Å². The van der Waals surface area contributed by atoms with Gasteiger partial charge in [0.2, 0.25) is 5.91 Å². The predicted molar refractivity (Wildman–Crippen MR) is 75.6 cm³/mol. The Morgan fingerprint density at radius 1 is 1.19 bits per heavy atom. The van der Waals surface area contributed by atoms with E-state index in [1.807, 2.05) is 6.07 Å².